The van der Waals surface area contributed by atoms with Gasteiger partial charge in [-0.2, -0.15) is 4.31 Å². The number of carbonyl (C=O) groups excluding carboxylic acids is 3. The largest absolute Gasteiger partial charge is 0.379 e. The maximum absolute atomic E-state index is 13.1. The number of urea groups is 1. The highest BCUT2D eigenvalue weighted by Crippen LogP contribution is 2.39. The predicted molar refractivity (Wildman–Crippen MR) is 120 cm³/mol. The number of halogens is 1. The Morgan fingerprint density at radius 2 is 1.82 bits per heavy atom. The molecule has 2 aliphatic heterocycles. The SMILES string of the molecule is CN1C(=O)N(CC(=O)Nc2ccc(Cl)c(S(=O)(=O)N3CCOCC3)c2)C(=O)C12CCCCC2. The number of imide groups is 1. The van der Waals surface area contributed by atoms with Crippen molar-refractivity contribution in [1.82, 2.24) is 14.1 Å². The highest BCUT2D eigenvalue weighted by atomic mass is 35.5. The summed E-state index contributed by atoms with van der Waals surface area (Å²) >= 11 is 6.16. The molecule has 4 amide bonds. The minimum Gasteiger partial charge on any atom is -0.379 e. The van der Waals surface area contributed by atoms with E-state index in [-0.39, 0.29) is 34.6 Å². The fraction of sp³-hybridized carbons (Fsp3) is 0.571. The molecule has 2 saturated heterocycles. The van der Waals surface area contributed by atoms with Gasteiger partial charge >= 0.3 is 6.03 Å². The Morgan fingerprint density at radius 1 is 1.15 bits per heavy atom. The van der Waals surface area contributed by atoms with Crippen molar-refractivity contribution in [2.24, 2.45) is 0 Å². The van der Waals surface area contributed by atoms with Crippen LogP contribution >= 0.6 is 11.6 Å². The Morgan fingerprint density at radius 3 is 2.48 bits per heavy atom. The Labute approximate surface area is 197 Å². The van der Waals surface area contributed by atoms with E-state index >= 15 is 0 Å². The number of rotatable bonds is 5. The smallest absolute Gasteiger partial charge is 0.327 e. The van der Waals surface area contributed by atoms with Crippen molar-refractivity contribution in [2.75, 3.05) is 45.2 Å². The molecule has 12 heteroatoms. The number of anilines is 1. The van der Waals surface area contributed by atoms with Crippen molar-refractivity contribution < 1.29 is 27.5 Å². The molecule has 180 valence electrons. The van der Waals surface area contributed by atoms with Crippen LogP contribution in [0.3, 0.4) is 0 Å². The fourth-order valence-electron chi connectivity index (χ4n) is 4.72. The molecular formula is C21H27ClN4O6S. The molecule has 1 spiro atoms. The van der Waals surface area contributed by atoms with Crippen LogP contribution in [0.25, 0.3) is 0 Å². The first-order chi connectivity index (χ1) is 15.7. The topological polar surface area (TPSA) is 116 Å². The summed E-state index contributed by atoms with van der Waals surface area (Å²) in [6, 6.07) is 3.65. The lowest BCUT2D eigenvalue weighted by atomic mass is 9.81. The van der Waals surface area contributed by atoms with Crippen molar-refractivity contribution in [2.45, 2.75) is 42.5 Å². The van der Waals surface area contributed by atoms with Gasteiger partial charge < -0.3 is 15.0 Å². The molecule has 3 fully saturated rings. The quantitative estimate of drug-likeness (QED) is 0.620. The summed E-state index contributed by atoms with van der Waals surface area (Å²) in [5.41, 5.74) is -0.661. The maximum atomic E-state index is 13.1. The molecule has 0 unspecified atom stereocenters. The van der Waals surface area contributed by atoms with Gasteiger partial charge in [-0.3, -0.25) is 14.5 Å². The first kappa shape index (κ1) is 23.9. The molecule has 1 saturated carbocycles. The number of sulfonamides is 1. The van der Waals surface area contributed by atoms with E-state index in [1.807, 2.05) is 0 Å². The van der Waals surface area contributed by atoms with E-state index in [0.29, 0.717) is 26.1 Å². The maximum Gasteiger partial charge on any atom is 0.327 e. The van der Waals surface area contributed by atoms with Crippen LogP contribution in [0.2, 0.25) is 5.02 Å². The highest BCUT2D eigenvalue weighted by molar-refractivity contribution is 7.89. The molecule has 10 nitrogen and oxygen atoms in total. The van der Waals surface area contributed by atoms with Gasteiger partial charge in [0.2, 0.25) is 15.9 Å². The molecule has 33 heavy (non-hydrogen) atoms. The monoisotopic (exact) mass is 498 g/mol. The highest BCUT2D eigenvalue weighted by Gasteiger charge is 2.55. The summed E-state index contributed by atoms with van der Waals surface area (Å²) in [6.07, 6.45) is 3.91. The summed E-state index contributed by atoms with van der Waals surface area (Å²) in [7, 11) is -2.27. The van der Waals surface area contributed by atoms with Crippen molar-refractivity contribution >= 4 is 45.2 Å². The van der Waals surface area contributed by atoms with E-state index in [0.717, 1.165) is 24.2 Å². The van der Waals surface area contributed by atoms with Gasteiger partial charge in [-0.25, -0.2) is 13.2 Å². The van der Waals surface area contributed by atoms with Crippen LogP contribution in [-0.2, 0) is 24.3 Å². The summed E-state index contributed by atoms with van der Waals surface area (Å²) in [5.74, 6) is -0.952. The zero-order valence-corrected chi connectivity index (χ0v) is 20.0. The van der Waals surface area contributed by atoms with E-state index in [2.05, 4.69) is 5.32 Å². The Kier molecular flexibility index (Phi) is 6.68. The normalized spacial score (nSPS) is 21.6. The van der Waals surface area contributed by atoms with E-state index in [4.69, 9.17) is 16.3 Å². The van der Waals surface area contributed by atoms with Gasteiger partial charge in [0, 0.05) is 25.8 Å². The Bertz CT molecular complexity index is 1070. The van der Waals surface area contributed by atoms with Gasteiger partial charge in [-0.15, -0.1) is 0 Å². The molecule has 0 bridgehead atoms. The summed E-state index contributed by atoms with van der Waals surface area (Å²) in [6.45, 7) is 0.563. The van der Waals surface area contributed by atoms with E-state index in [9.17, 15) is 22.8 Å². The van der Waals surface area contributed by atoms with Gasteiger partial charge in [-0.05, 0) is 31.0 Å². The minimum atomic E-state index is -3.87. The number of amides is 4. The summed E-state index contributed by atoms with van der Waals surface area (Å²) in [4.78, 5) is 40.8. The van der Waals surface area contributed by atoms with E-state index in [1.165, 1.54) is 27.4 Å². The van der Waals surface area contributed by atoms with Crippen molar-refractivity contribution in [1.29, 1.82) is 0 Å². The Balaban J connectivity index is 1.48. The van der Waals surface area contributed by atoms with Crippen molar-refractivity contribution in [3.8, 4) is 0 Å². The molecule has 1 aliphatic carbocycles. The van der Waals surface area contributed by atoms with Crippen molar-refractivity contribution in [3.05, 3.63) is 23.2 Å². The van der Waals surface area contributed by atoms with E-state index in [1.54, 1.807) is 7.05 Å². The van der Waals surface area contributed by atoms with Crippen LogP contribution in [0.15, 0.2) is 23.1 Å². The number of likely N-dealkylation sites (N-methyl/N-ethyl adjacent to an activating group) is 1. The molecule has 0 aromatic heterocycles. The average molecular weight is 499 g/mol. The molecule has 3 aliphatic rings. The molecule has 0 atom stereocenters. The molecule has 4 rings (SSSR count). The third-order valence-electron chi connectivity index (χ3n) is 6.59. The van der Waals surface area contributed by atoms with Crippen LogP contribution in [0.1, 0.15) is 32.1 Å². The lowest BCUT2D eigenvalue weighted by molar-refractivity contribution is -0.136. The van der Waals surface area contributed by atoms with Crippen LogP contribution in [0.4, 0.5) is 10.5 Å². The second-order valence-corrected chi connectivity index (χ2v) is 10.8. The number of nitrogens with zero attached hydrogens (tertiary/aromatic N) is 3. The zero-order valence-electron chi connectivity index (χ0n) is 18.4. The molecule has 1 N–H and O–H groups in total. The second kappa shape index (κ2) is 9.21. The Hall–Kier alpha value is -2.21. The van der Waals surface area contributed by atoms with Crippen molar-refractivity contribution in [3.63, 3.8) is 0 Å². The number of hydrogen-bond donors (Lipinski definition) is 1. The lowest BCUT2D eigenvalue weighted by Gasteiger charge is -2.35. The van der Waals surface area contributed by atoms with Gasteiger partial charge in [0.15, 0.2) is 0 Å². The van der Waals surface area contributed by atoms with Gasteiger partial charge in [-0.1, -0.05) is 30.9 Å². The van der Waals surface area contributed by atoms with Crippen LogP contribution in [0, 0.1) is 0 Å². The van der Waals surface area contributed by atoms with E-state index < -0.39 is 34.0 Å². The average Bonchev–Trinajstić information content (AvgIpc) is 2.97. The predicted octanol–water partition coefficient (Wildman–Crippen LogP) is 1.90. The minimum absolute atomic E-state index is 0.0326. The zero-order chi connectivity index (χ0) is 23.8. The van der Waals surface area contributed by atoms with Crippen LogP contribution in [-0.4, -0.2) is 85.8 Å². The lowest BCUT2D eigenvalue weighted by Crippen LogP contribution is -2.49. The third kappa shape index (κ3) is 4.34. The number of benzene rings is 1. The third-order valence-corrected chi connectivity index (χ3v) is 8.97. The molecule has 0 radical (unpaired) electrons. The number of ether oxygens (including phenoxy) is 1. The molecule has 1 aromatic rings. The standard InChI is InChI=1S/C21H27ClN4O6S/c1-24-20(29)26(19(28)21(24)7-3-2-4-8-21)14-18(27)23-15-5-6-16(22)17(13-15)33(30,31)25-9-11-32-12-10-25/h5-6,13H,2-4,7-12,14H2,1H3,(H,23,27). The summed E-state index contributed by atoms with van der Waals surface area (Å²) in [5, 5.41) is 2.62. The summed E-state index contributed by atoms with van der Waals surface area (Å²) < 4.78 is 32.5. The first-order valence-corrected chi connectivity index (χ1v) is 12.8. The molecular weight excluding hydrogens is 472 g/mol. The first-order valence-electron chi connectivity index (χ1n) is 10.9. The van der Waals surface area contributed by atoms with Gasteiger partial charge in [0.05, 0.1) is 18.2 Å². The number of morpholine rings is 1. The van der Waals surface area contributed by atoms with Gasteiger partial charge in [0.25, 0.3) is 5.91 Å². The van der Waals surface area contributed by atoms with Crippen LogP contribution in [0.5, 0.6) is 0 Å². The molecule has 2 heterocycles. The van der Waals surface area contributed by atoms with Crippen LogP contribution < -0.4 is 5.32 Å². The van der Waals surface area contributed by atoms with Gasteiger partial charge in [0.1, 0.15) is 17.0 Å². The second-order valence-electron chi connectivity index (χ2n) is 8.53. The number of hydrogen-bond acceptors (Lipinski definition) is 6. The fourth-order valence-corrected chi connectivity index (χ4v) is 6.63. The number of nitrogens with one attached hydrogen (secondary N) is 1. The number of carbonyl (C=O) groups is 3. The molecule has 1 aromatic carbocycles.